The second kappa shape index (κ2) is 7.05. The van der Waals surface area contributed by atoms with Gasteiger partial charge in [-0.25, -0.2) is 13.1 Å². The first kappa shape index (κ1) is 16.0. The maximum Gasteiger partial charge on any atom is 0.240 e. The van der Waals surface area contributed by atoms with E-state index in [2.05, 4.69) is 16.6 Å². The summed E-state index contributed by atoms with van der Waals surface area (Å²) in [6, 6.07) is 6.21. The molecule has 1 fully saturated rings. The summed E-state index contributed by atoms with van der Waals surface area (Å²) in [6.07, 6.45) is 1.44. The maximum absolute atomic E-state index is 12.3. The van der Waals surface area contributed by atoms with Crippen LogP contribution >= 0.6 is 0 Å². The second-order valence-electron chi connectivity index (χ2n) is 5.01. The molecule has 0 aliphatic carbocycles. The van der Waals surface area contributed by atoms with E-state index in [9.17, 15) is 8.42 Å². The smallest absolute Gasteiger partial charge is 0.240 e. The molecule has 1 aliphatic rings. The summed E-state index contributed by atoms with van der Waals surface area (Å²) in [5.74, 6) is 5.25. The molecule has 0 aromatic heterocycles. The van der Waals surface area contributed by atoms with Gasteiger partial charge in [0.2, 0.25) is 10.0 Å². The predicted octanol–water partition coefficient (Wildman–Crippen LogP) is 0.876. The quantitative estimate of drug-likeness (QED) is 0.813. The van der Waals surface area contributed by atoms with Gasteiger partial charge in [0.1, 0.15) is 6.61 Å². The largest absolute Gasteiger partial charge is 0.384 e. The molecule has 1 aromatic rings. The van der Waals surface area contributed by atoms with Crippen LogP contribution in [0.25, 0.3) is 0 Å². The van der Waals surface area contributed by atoms with Crippen molar-refractivity contribution in [2.75, 3.05) is 13.2 Å². The highest BCUT2D eigenvalue weighted by molar-refractivity contribution is 7.89. The topological polar surface area (TPSA) is 75.6 Å². The van der Waals surface area contributed by atoms with E-state index in [4.69, 9.17) is 9.84 Å². The van der Waals surface area contributed by atoms with Crippen LogP contribution in [0.15, 0.2) is 29.2 Å². The van der Waals surface area contributed by atoms with Gasteiger partial charge in [0.25, 0.3) is 0 Å². The summed E-state index contributed by atoms with van der Waals surface area (Å²) in [5, 5.41) is 8.63. The van der Waals surface area contributed by atoms with Crippen molar-refractivity contribution >= 4 is 10.0 Å². The fourth-order valence-electron chi connectivity index (χ4n) is 2.25. The molecule has 2 atom stereocenters. The van der Waals surface area contributed by atoms with Crippen LogP contribution in [0.4, 0.5) is 0 Å². The Labute approximate surface area is 125 Å². The third kappa shape index (κ3) is 4.55. The van der Waals surface area contributed by atoms with Crippen molar-refractivity contribution in [3.05, 3.63) is 29.8 Å². The van der Waals surface area contributed by atoms with Gasteiger partial charge >= 0.3 is 0 Å². The average Bonchev–Trinajstić information content (AvgIpc) is 2.45. The number of aliphatic hydroxyl groups excluding tert-OH is 1. The third-order valence-corrected chi connectivity index (χ3v) is 4.82. The summed E-state index contributed by atoms with van der Waals surface area (Å²) < 4.78 is 32.7. The van der Waals surface area contributed by atoms with E-state index in [1.165, 1.54) is 12.1 Å². The summed E-state index contributed by atoms with van der Waals surface area (Å²) in [6.45, 7) is 2.29. The molecule has 1 heterocycles. The van der Waals surface area contributed by atoms with Crippen molar-refractivity contribution in [1.29, 1.82) is 0 Å². The van der Waals surface area contributed by atoms with Gasteiger partial charge in [0.15, 0.2) is 0 Å². The zero-order valence-electron chi connectivity index (χ0n) is 11.9. The van der Waals surface area contributed by atoms with Crippen LogP contribution in [0.3, 0.4) is 0 Å². The second-order valence-corrected chi connectivity index (χ2v) is 6.72. The molecule has 0 amide bonds. The fourth-order valence-corrected chi connectivity index (χ4v) is 3.53. The van der Waals surface area contributed by atoms with Gasteiger partial charge in [-0.2, -0.15) is 0 Å². The summed E-state index contributed by atoms with van der Waals surface area (Å²) in [7, 11) is -3.52. The van der Waals surface area contributed by atoms with E-state index in [1.54, 1.807) is 12.1 Å². The molecule has 0 spiro atoms. The Balaban J connectivity index is 2.08. The van der Waals surface area contributed by atoms with Gasteiger partial charge in [0, 0.05) is 18.2 Å². The van der Waals surface area contributed by atoms with Crippen LogP contribution in [0.2, 0.25) is 0 Å². The highest BCUT2D eigenvalue weighted by atomic mass is 32.2. The minimum Gasteiger partial charge on any atom is -0.384 e. The molecule has 1 aliphatic heterocycles. The van der Waals surface area contributed by atoms with Crippen LogP contribution < -0.4 is 4.72 Å². The van der Waals surface area contributed by atoms with Crippen molar-refractivity contribution in [3.63, 3.8) is 0 Å². The molecule has 21 heavy (non-hydrogen) atoms. The number of rotatable bonds is 3. The Morgan fingerprint density at radius 2 is 2.10 bits per heavy atom. The van der Waals surface area contributed by atoms with Crippen molar-refractivity contribution in [2.45, 2.75) is 36.8 Å². The standard InChI is InChI=1S/C15H19NO4S/c1-12-11-14(8-10-20-12)16-21(18,19)15-6-4-13(5-7-15)3-2-9-17/h4-7,12,14,16-17H,8-11H2,1H3. The van der Waals surface area contributed by atoms with Crippen LogP contribution in [0.5, 0.6) is 0 Å². The number of nitrogens with one attached hydrogen (secondary N) is 1. The molecule has 2 N–H and O–H groups in total. The molecule has 1 saturated heterocycles. The normalized spacial score (nSPS) is 22.4. The molecule has 1 aromatic carbocycles. The van der Waals surface area contributed by atoms with E-state index in [0.717, 1.165) is 0 Å². The van der Waals surface area contributed by atoms with E-state index < -0.39 is 10.0 Å². The van der Waals surface area contributed by atoms with E-state index >= 15 is 0 Å². The lowest BCUT2D eigenvalue weighted by Crippen LogP contribution is -2.41. The average molecular weight is 309 g/mol. The van der Waals surface area contributed by atoms with Crippen molar-refractivity contribution < 1.29 is 18.3 Å². The Hall–Kier alpha value is -1.39. The summed E-state index contributed by atoms with van der Waals surface area (Å²) in [4.78, 5) is 0.219. The van der Waals surface area contributed by atoms with Crippen LogP contribution in [0, 0.1) is 11.8 Å². The molecular weight excluding hydrogens is 290 g/mol. The number of sulfonamides is 1. The van der Waals surface area contributed by atoms with Gasteiger partial charge in [-0.15, -0.1) is 0 Å². The molecule has 0 radical (unpaired) electrons. The molecule has 2 rings (SSSR count). The zero-order valence-corrected chi connectivity index (χ0v) is 12.7. The van der Waals surface area contributed by atoms with Crippen molar-refractivity contribution in [1.82, 2.24) is 4.72 Å². The SMILES string of the molecule is CC1CC(NS(=O)(=O)c2ccc(C#CCO)cc2)CCO1. The van der Waals surface area contributed by atoms with Crippen LogP contribution in [-0.4, -0.2) is 38.9 Å². The lowest BCUT2D eigenvalue weighted by molar-refractivity contribution is 0.0173. The molecule has 2 unspecified atom stereocenters. The Kier molecular flexibility index (Phi) is 5.37. The third-order valence-electron chi connectivity index (χ3n) is 3.28. The number of hydrogen-bond donors (Lipinski definition) is 2. The number of hydrogen-bond acceptors (Lipinski definition) is 4. The fraction of sp³-hybridized carbons (Fsp3) is 0.467. The highest BCUT2D eigenvalue weighted by Crippen LogP contribution is 2.17. The van der Waals surface area contributed by atoms with E-state index in [-0.39, 0.29) is 23.6 Å². The lowest BCUT2D eigenvalue weighted by atomic mass is 10.1. The minimum absolute atomic E-state index is 0.0718. The number of aliphatic hydroxyl groups is 1. The lowest BCUT2D eigenvalue weighted by Gasteiger charge is -2.27. The molecule has 0 bridgehead atoms. The highest BCUT2D eigenvalue weighted by Gasteiger charge is 2.24. The minimum atomic E-state index is -3.52. The molecule has 114 valence electrons. The maximum atomic E-state index is 12.3. The number of benzene rings is 1. The monoisotopic (exact) mass is 309 g/mol. The van der Waals surface area contributed by atoms with Crippen molar-refractivity contribution in [3.8, 4) is 11.8 Å². The van der Waals surface area contributed by atoms with Gasteiger partial charge < -0.3 is 9.84 Å². The van der Waals surface area contributed by atoms with E-state index in [0.29, 0.717) is 25.0 Å². The van der Waals surface area contributed by atoms with Gasteiger partial charge in [0.05, 0.1) is 11.0 Å². The van der Waals surface area contributed by atoms with E-state index in [1.807, 2.05) is 6.92 Å². The van der Waals surface area contributed by atoms with Crippen molar-refractivity contribution in [2.24, 2.45) is 0 Å². The zero-order chi connectivity index (χ0) is 15.3. The van der Waals surface area contributed by atoms with Crippen LogP contribution in [0.1, 0.15) is 25.3 Å². The summed E-state index contributed by atoms with van der Waals surface area (Å²) >= 11 is 0. The predicted molar refractivity (Wildman–Crippen MR) is 79.2 cm³/mol. The molecule has 6 heteroatoms. The van der Waals surface area contributed by atoms with Crippen LogP contribution in [-0.2, 0) is 14.8 Å². The number of ether oxygens (including phenoxy) is 1. The first-order chi connectivity index (χ1) is 10.0. The Morgan fingerprint density at radius 3 is 2.71 bits per heavy atom. The summed E-state index contributed by atoms with van der Waals surface area (Å²) in [5.41, 5.74) is 0.669. The van der Waals surface area contributed by atoms with Gasteiger partial charge in [-0.05, 0) is 44.0 Å². The molecule has 5 nitrogen and oxygen atoms in total. The molecular formula is C15H19NO4S. The first-order valence-electron chi connectivity index (χ1n) is 6.85. The Bertz CT molecular complexity index is 628. The molecule has 0 saturated carbocycles. The Morgan fingerprint density at radius 1 is 1.38 bits per heavy atom. The van der Waals surface area contributed by atoms with Gasteiger partial charge in [-0.3, -0.25) is 0 Å². The van der Waals surface area contributed by atoms with Gasteiger partial charge in [-0.1, -0.05) is 11.8 Å². The first-order valence-corrected chi connectivity index (χ1v) is 8.33.